The molecular formula is C30H44N2O4. The number of ether oxygens (including phenoxy) is 2. The summed E-state index contributed by atoms with van der Waals surface area (Å²) in [5.41, 5.74) is 0.961. The number of hydrogen-bond acceptors (Lipinski definition) is 6. The Balaban J connectivity index is 0.972. The summed E-state index contributed by atoms with van der Waals surface area (Å²) in [5, 5.41) is 0. The van der Waals surface area contributed by atoms with Gasteiger partial charge in [0.1, 0.15) is 0 Å². The normalized spacial score (nSPS) is 31.9. The average Bonchev–Trinajstić information content (AvgIpc) is 3.65. The molecule has 0 radical (unpaired) electrons. The van der Waals surface area contributed by atoms with Crippen LogP contribution in [0.4, 0.5) is 0 Å². The molecule has 2 saturated carbocycles. The lowest BCUT2D eigenvalue weighted by Crippen LogP contribution is -2.32. The molecular weight excluding hydrogens is 452 g/mol. The Morgan fingerprint density at radius 1 is 0.722 bits per heavy atom. The minimum Gasteiger partial charge on any atom is -0.462 e. The van der Waals surface area contributed by atoms with Crippen molar-refractivity contribution in [1.82, 2.24) is 9.80 Å². The van der Waals surface area contributed by atoms with Crippen molar-refractivity contribution >= 4 is 11.9 Å². The smallest absolute Gasteiger partial charge is 0.338 e. The van der Waals surface area contributed by atoms with Gasteiger partial charge in [-0.25, -0.2) is 9.59 Å². The van der Waals surface area contributed by atoms with Crippen LogP contribution in [-0.2, 0) is 9.47 Å². The Morgan fingerprint density at radius 3 is 1.53 bits per heavy atom. The van der Waals surface area contributed by atoms with E-state index >= 15 is 0 Å². The molecule has 2 heterocycles. The van der Waals surface area contributed by atoms with E-state index in [4.69, 9.17) is 9.47 Å². The summed E-state index contributed by atoms with van der Waals surface area (Å²) in [6.45, 7) is 0.889. The van der Waals surface area contributed by atoms with Crippen LogP contribution in [0.1, 0.15) is 97.8 Å². The maximum absolute atomic E-state index is 12.4. The van der Waals surface area contributed by atoms with E-state index < -0.39 is 0 Å². The van der Waals surface area contributed by atoms with Crippen molar-refractivity contribution in [2.45, 2.75) is 101 Å². The Labute approximate surface area is 216 Å². The molecule has 4 aliphatic rings. The predicted molar refractivity (Wildman–Crippen MR) is 140 cm³/mol. The molecule has 1 aromatic rings. The van der Waals surface area contributed by atoms with E-state index in [0.717, 1.165) is 49.6 Å². The van der Waals surface area contributed by atoms with Gasteiger partial charge in [0.25, 0.3) is 0 Å². The molecule has 0 amide bonds. The first kappa shape index (κ1) is 25.7. The van der Waals surface area contributed by atoms with Crippen molar-refractivity contribution < 1.29 is 19.1 Å². The van der Waals surface area contributed by atoms with Crippen LogP contribution < -0.4 is 0 Å². The SMILES string of the molecule is CN1C(CCCOC(=O)c2ccc(C(=O)OCCC[C@@H]3C[C@@H]4CCC[C@@H]4N3C)cc2)CC2CCCC21. The summed E-state index contributed by atoms with van der Waals surface area (Å²) in [4.78, 5) is 30.0. The third-order valence-corrected chi connectivity index (χ3v) is 9.77. The molecule has 0 bridgehead atoms. The van der Waals surface area contributed by atoms with Gasteiger partial charge >= 0.3 is 11.9 Å². The number of benzene rings is 1. The highest BCUT2D eigenvalue weighted by Gasteiger charge is 2.41. The van der Waals surface area contributed by atoms with Gasteiger partial charge in [0.15, 0.2) is 0 Å². The fourth-order valence-corrected chi connectivity index (χ4v) is 7.75. The number of nitrogens with zero attached hydrogens (tertiary/aromatic N) is 2. The Bertz CT molecular complexity index is 830. The molecule has 4 fully saturated rings. The minimum atomic E-state index is -0.322. The van der Waals surface area contributed by atoms with Crippen molar-refractivity contribution in [3.63, 3.8) is 0 Å². The molecule has 6 heteroatoms. The first-order valence-corrected chi connectivity index (χ1v) is 14.4. The molecule has 0 N–H and O–H groups in total. The third kappa shape index (κ3) is 5.65. The van der Waals surface area contributed by atoms with E-state index in [1.807, 2.05) is 0 Å². The molecule has 5 rings (SSSR count). The van der Waals surface area contributed by atoms with Gasteiger partial charge in [-0.05, 0) is 114 Å². The highest BCUT2D eigenvalue weighted by Crippen LogP contribution is 2.42. The zero-order chi connectivity index (χ0) is 25.1. The highest BCUT2D eigenvalue weighted by atomic mass is 16.5. The lowest BCUT2D eigenvalue weighted by atomic mass is 10.00. The van der Waals surface area contributed by atoms with Gasteiger partial charge < -0.3 is 19.3 Å². The first-order chi connectivity index (χ1) is 17.5. The maximum atomic E-state index is 12.4. The van der Waals surface area contributed by atoms with Crippen LogP contribution in [0.15, 0.2) is 24.3 Å². The van der Waals surface area contributed by atoms with Crippen LogP contribution in [0, 0.1) is 11.8 Å². The summed E-state index contributed by atoms with van der Waals surface area (Å²) < 4.78 is 11.0. The molecule has 2 saturated heterocycles. The Hall–Kier alpha value is -1.92. The van der Waals surface area contributed by atoms with Gasteiger partial charge in [-0.15, -0.1) is 0 Å². The molecule has 0 aromatic heterocycles. The van der Waals surface area contributed by atoms with E-state index in [2.05, 4.69) is 23.9 Å². The van der Waals surface area contributed by atoms with Gasteiger partial charge in [-0.1, -0.05) is 12.8 Å². The van der Waals surface area contributed by atoms with Crippen LogP contribution in [0.3, 0.4) is 0 Å². The summed E-state index contributed by atoms with van der Waals surface area (Å²) in [7, 11) is 4.52. The molecule has 1 aromatic carbocycles. The summed E-state index contributed by atoms with van der Waals surface area (Å²) in [5.74, 6) is 1.11. The number of likely N-dealkylation sites (tertiary alicyclic amines) is 2. The first-order valence-electron chi connectivity index (χ1n) is 14.4. The summed E-state index contributed by atoms with van der Waals surface area (Å²) in [6, 6.07) is 9.46. The van der Waals surface area contributed by atoms with Crippen LogP contribution in [0.25, 0.3) is 0 Å². The molecule has 2 aliphatic carbocycles. The fraction of sp³-hybridized carbons (Fsp3) is 0.733. The van der Waals surface area contributed by atoms with Crippen molar-refractivity contribution in [1.29, 1.82) is 0 Å². The lowest BCUT2D eigenvalue weighted by Gasteiger charge is -2.24. The molecule has 6 nitrogen and oxygen atoms in total. The minimum absolute atomic E-state index is 0.322. The van der Waals surface area contributed by atoms with E-state index in [1.54, 1.807) is 24.3 Å². The standard InChI is InChI=1S/C30H44N2O4/c1-31-25(19-23-7-3-11-27(23)31)9-5-17-35-29(33)21-13-15-22(16-14-21)30(34)36-18-6-10-26-20-24-8-4-12-28(24)32(26)2/h13-16,23-28H,3-12,17-20H2,1-2H3/t23-,24?,25+,26?,27-,28?/m0/s1. The number of hydrogen-bond donors (Lipinski definition) is 0. The number of carbonyl (C=O) groups excluding carboxylic acids is 2. The quantitative estimate of drug-likeness (QED) is 0.323. The van der Waals surface area contributed by atoms with E-state index in [-0.39, 0.29) is 11.9 Å². The zero-order valence-electron chi connectivity index (χ0n) is 22.2. The van der Waals surface area contributed by atoms with Crippen molar-refractivity contribution in [3.05, 3.63) is 35.4 Å². The Morgan fingerprint density at radius 2 is 1.14 bits per heavy atom. The van der Waals surface area contributed by atoms with Crippen molar-refractivity contribution in [3.8, 4) is 0 Å². The number of esters is 2. The van der Waals surface area contributed by atoms with Gasteiger partial charge in [0.05, 0.1) is 24.3 Å². The van der Waals surface area contributed by atoms with Gasteiger partial charge in [0.2, 0.25) is 0 Å². The molecule has 2 aliphatic heterocycles. The summed E-state index contributed by atoms with van der Waals surface area (Å²) in [6.07, 6.45) is 14.7. The number of rotatable bonds is 10. The molecule has 3 unspecified atom stereocenters. The van der Waals surface area contributed by atoms with Crippen molar-refractivity contribution in [2.75, 3.05) is 27.3 Å². The zero-order valence-corrected chi connectivity index (χ0v) is 22.2. The highest BCUT2D eigenvalue weighted by molar-refractivity contribution is 5.93. The average molecular weight is 497 g/mol. The largest absolute Gasteiger partial charge is 0.462 e. The second-order valence-electron chi connectivity index (χ2n) is 11.8. The number of fused-ring (bicyclic) bond motifs is 2. The predicted octanol–water partition coefficient (Wildman–Crippen LogP) is 5.31. The summed E-state index contributed by atoms with van der Waals surface area (Å²) >= 11 is 0. The molecule has 198 valence electrons. The Kier molecular flexibility index (Phi) is 8.32. The van der Waals surface area contributed by atoms with Gasteiger partial charge in [-0.3, -0.25) is 0 Å². The molecule has 6 atom stereocenters. The van der Waals surface area contributed by atoms with Crippen molar-refractivity contribution in [2.24, 2.45) is 11.8 Å². The third-order valence-electron chi connectivity index (χ3n) is 9.77. The topological polar surface area (TPSA) is 59.1 Å². The van der Waals surface area contributed by atoms with E-state index in [0.29, 0.717) is 36.4 Å². The lowest BCUT2D eigenvalue weighted by molar-refractivity contribution is 0.0476. The van der Waals surface area contributed by atoms with Crippen LogP contribution in [0.5, 0.6) is 0 Å². The van der Waals surface area contributed by atoms with Gasteiger partial charge in [0, 0.05) is 24.2 Å². The van der Waals surface area contributed by atoms with Gasteiger partial charge in [-0.2, -0.15) is 0 Å². The second-order valence-corrected chi connectivity index (χ2v) is 11.8. The van der Waals surface area contributed by atoms with E-state index in [1.165, 1.54) is 51.4 Å². The van der Waals surface area contributed by atoms with E-state index in [9.17, 15) is 9.59 Å². The fourth-order valence-electron chi connectivity index (χ4n) is 7.75. The van der Waals surface area contributed by atoms with Crippen LogP contribution in [-0.4, -0.2) is 73.2 Å². The molecule has 0 spiro atoms. The van der Waals surface area contributed by atoms with Crippen LogP contribution in [0.2, 0.25) is 0 Å². The number of carbonyl (C=O) groups is 2. The second kappa shape index (κ2) is 11.6. The van der Waals surface area contributed by atoms with Crippen LogP contribution >= 0.6 is 0 Å². The monoisotopic (exact) mass is 496 g/mol. The maximum Gasteiger partial charge on any atom is 0.338 e. The molecule has 36 heavy (non-hydrogen) atoms.